The number of esters is 1. The van der Waals surface area contributed by atoms with Gasteiger partial charge in [-0.15, -0.1) is 0 Å². The number of nitrogens with zero attached hydrogens (tertiary/aromatic N) is 1. The van der Waals surface area contributed by atoms with Crippen molar-refractivity contribution in [2.75, 3.05) is 13.7 Å². The number of carbonyl (C=O) groups excluding carboxylic acids is 3. The maximum atomic E-state index is 14.2. The van der Waals surface area contributed by atoms with Gasteiger partial charge >= 0.3 is 53.6 Å². The van der Waals surface area contributed by atoms with Crippen LogP contribution in [-0.2, 0) is 19.1 Å². The smallest absolute Gasteiger partial charge is 0.460 e. The summed E-state index contributed by atoms with van der Waals surface area (Å²) < 4.78 is 233. The highest BCUT2D eigenvalue weighted by Gasteiger charge is 2.95. The number of imide groups is 1. The van der Waals surface area contributed by atoms with Crippen molar-refractivity contribution in [2.24, 2.45) is 11.8 Å². The van der Waals surface area contributed by atoms with Gasteiger partial charge in [-0.25, -0.2) is 0 Å². The molecule has 2 heterocycles. The standard InChI is InChI=1S/C25H18ClF17N2O4/c1-45-15(46)11-12(16(45)47)14(44-13(11)9-4-2-5-10(26)8-9)17(48)49-7-3-6-18(27,28)19(29,30)20(31,32)21(33,34)22(35,36)23(37,38)24(39,40)25(41,42)43/h2,4-5,8,11-14,44H,3,6-7H2,1H3/t11-,12+,13-,14-/m1/s1. The first-order valence-corrected chi connectivity index (χ1v) is 13.4. The second-order valence-electron chi connectivity index (χ2n) is 10.9. The molecule has 0 aliphatic carbocycles. The van der Waals surface area contributed by atoms with Gasteiger partial charge in [0.15, 0.2) is 0 Å². The zero-order chi connectivity index (χ0) is 38.1. The summed E-state index contributed by atoms with van der Waals surface area (Å²) in [4.78, 5) is 38.7. The van der Waals surface area contributed by atoms with Gasteiger partial charge in [0.1, 0.15) is 6.04 Å². The van der Waals surface area contributed by atoms with Crippen LogP contribution in [0.1, 0.15) is 24.4 Å². The van der Waals surface area contributed by atoms with Crippen molar-refractivity contribution in [1.29, 1.82) is 0 Å². The lowest BCUT2D eigenvalue weighted by Gasteiger charge is -2.42. The summed E-state index contributed by atoms with van der Waals surface area (Å²) in [5, 5.41) is 2.72. The molecule has 4 atom stereocenters. The van der Waals surface area contributed by atoms with Crippen molar-refractivity contribution in [1.82, 2.24) is 10.2 Å². The predicted octanol–water partition coefficient (Wildman–Crippen LogP) is 6.92. The van der Waals surface area contributed by atoms with E-state index in [9.17, 15) is 89.0 Å². The summed E-state index contributed by atoms with van der Waals surface area (Å²) in [6.45, 7) is -1.49. The van der Waals surface area contributed by atoms with Crippen molar-refractivity contribution in [3.8, 4) is 0 Å². The van der Waals surface area contributed by atoms with Crippen LogP contribution in [-0.4, -0.2) is 90.0 Å². The number of amides is 2. The lowest BCUT2D eigenvalue weighted by Crippen LogP contribution is -2.74. The summed E-state index contributed by atoms with van der Waals surface area (Å²) in [5.41, 5.74) is 0.263. The molecule has 0 spiro atoms. The second kappa shape index (κ2) is 12.3. The van der Waals surface area contributed by atoms with Crippen molar-refractivity contribution in [2.45, 2.75) is 72.6 Å². The number of nitrogens with one attached hydrogen (secondary N) is 1. The summed E-state index contributed by atoms with van der Waals surface area (Å²) >= 11 is 5.92. The van der Waals surface area contributed by atoms with E-state index in [0.717, 1.165) is 7.05 Å². The zero-order valence-electron chi connectivity index (χ0n) is 23.6. The molecule has 0 aromatic heterocycles. The summed E-state index contributed by atoms with van der Waals surface area (Å²) in [5.74, 6) is -63.3. The highest BCUT2D eigenvalue weighted by molar-refractivity contribution is 6.30. The molecule has 24 heteroatoms. The molecule has 0 radical (unpaired) electrons. The molecular weight excluding hydrogens is 751 g/mol. The van der Waals surface area contributed by atoms with Gasteiger partial charge < -0.3 is 4.74 Å². The summed E-state index contributed by atoms with van der Waals surface area (Å²) in [6, 6.07) is 2.74. The molecule has 2 fully saturated rings. The minimum Gasteiger partial charge on any atom is -0.465 e. The molecule has 1 N–H and O–H groups in total. The van der Waals surface area contributed by atoms with Gasteiger partial charge in [0.05, 0.1) is 18.4 Å². The third-order valence-electron chi connectivity index (χ3n) is 7.82. The molecule has 2 saturated heterocycles. The van der Waals surface area contributed by atoms with Crippen molar-refractivity contribution >= 4 is 29.4 Å². The third-order valence-corrected chi connectivity index (χ3v) is 8.06. The van der Waals surface area contributed by atoms with Crippen molar-refractivity contribution in [3.63, 3.8) is 0 Å². The molecule has 1 aromatic carbocycles. The number of alkyl halides is 17. The second-order valence-corrected chi connectivity index (χ2v) is 11.3. The van der Waals surface area contributed by atoms with Crippen molar-refractivity contribution < 1.29 is 93.8 Å². The van der Waals surface area contributed by atoms with Gasteiger partial charge in [0.2, 0.25) is 11.8 Å². The van der Waals surface area contributed by atoms with Crippen LogP contribution < -0.4 is 5.32 Å². The number of ether oxygens (including phenoxy) is 1. The molecule has 0 unspecified atom stereocenters. The SMILES string of the molecule is CN1C(=O)[C@@H]2[C@H](C1=O)[C@H](C(=O)OCCCC(F)(F)C(F)(F)C(F)(F)C(F)(F)C(F)(F)C(F)(F)C(F)(F)C(F)(F)F)N[C@@H]2c1cccc(Cl)c1. The van der Waals surface area contributed by atoms with E-state index in [1.807, 2.05) is 0 Å². The Morgan fingerprint density at radius 2 is 1.22 bits per heavy atom. The van der Waals surface area contributed by atoms with E-state index < -0.39 is 109 Å². The van der Waals surface area contributed by atoms with E-state index in [1.165, 1.54) is 24.3 Å². The quantitative estimate of drug-likeness (QED) is 0.108. The molecule has 0 saturated carbocycles. The highest BCUT2D eigenvalue weighted by Crippen LogP contribution is 2.64. The first kappa shape index (κ1) is 40.3. The Balaban J connectivity index is 1.77. The summed E-state index contributed by atoms with van der Waals surface area (Å²) in [7, 11) is 1.04. The molecule has 49 heavy (non-hydrogen) atoms. The van der Waals surface area contributed by atoms with Crippen LogP contribution in [0.15, 0.2) is 24.3 Å². The fourth-order valence-corrected chi connectivity index (χ4v) is 5.29. The fraction of sp³-hybridized carbons (Fsp3) is 0.640. The molecule has 2 amide bonds. The van der Waals surface area contributed by atoms with Crippen LogP contribution in [0, 0.1) is 11.8 Å². The number of halogens is 18. The van der Waals surface area contributed by atoms with Crippen molar-refractivity contribution in [3.05, 3.63) is 34.9 Å². The van der Waals surface area contributed by atoms with Gasteiger partial charge in [-0.1, -0.05) is 23.7 Å². The van der Waals surface area contributed by atoms with Gasteiger partial charge in [0, 0.05) is 24.5 Å². The van der Waals surface area contributed by atoms with E-state index in [4.69, 9.17) is 11.6 Å². The van der Waals surface area contributed by atoms with Gasteiger partial charge in [-0.3, -0.25) is 24.6 Å². The van der Waals surface area contributed by atoms with E-state index in [2.05, 4.69) is 10.1 Å². The maximum absolute atomic E-state index is 14.2. The maximum Gasteiger partial charge on any atom is 0.460 e. The Morgan fingerprint density at radius 3 is 1.71 bits per heavy atom. The predicted molar refractivity (Wildman–Crippen MR) is 127 cm³/mol. The van der Waals surface area contributed by atoms with Crippen LogP contribution in [0.2, 0.25) is 5.02 Å². The summed E-state index contributed by atoms with van der Waals surface area (Å²) in [6.07, 6.45) is -12.4. The van der Waals surface area contributed by atoms with Crippen LogP contribution in [0.4, 0.5) is 74.6 Å². The lowest BCUT2D eigenvalue weighted by atomic mass is 9.86. The molecule has 1 aromatic rings. The van der Waals surface area contributed by atoms with Crippen LogP contribution in [0.25, 0.3) is 0 Å². The van der Waals surface area contributed by atoms with E-state index in [0.29, 0.717) is 4.90 Å². The Labute approximate surface area is 266 Å². The number of rotatable bonds is 12. The number of carbonyl (C=O) groups is 3. The minimum absolute atomic E-state index is 0.143. The topological polar surface area (TPSA) is 75.7 Å². The number of fused-ring (bicyclic) bond motifs is 1. The Kier molecular flexibility index (Phi) is 10.1. The average molecular weight is 769 g/mol. The average Bonchev–Trinajstić information content (AvgIpc) is 3.46. The minimum atomic E-state index is -8.74. The van der Waals surface area contributed by atoms with E-state index in [1.54, 1.807) is 0 Å². The first-order valence-electron chi connectivity index (χ1n) is 13.1. The van der Waals surface area contributed by atoms with Gasteiger partial charge in [0.25, 0.3) is 0 Å². The number of hydrogen-bond donors (Lipinski definition) is 1. The first-order chi connectivity index (χ1) is 21.8. The van der Waals surface area contributed by atoms with E-state index >= 15 is 0 Å². The number of benzene rings is 1. The molecule has 2 aliphatic heterocycles. The molecule has 0 bridgehead atoms. The van der Waals surface area contributed by atoms with Crippen LogP contribution >= 0.6 is 11.6 Å². The molecular formula is C25H18ClF17N2O4. The molecule has 3 rings (SSSR count). The van der Waals surface area contributed by atoms with Crippen LogP contribution in [0.5, 0.6) is 0 Å². The Bertz CT molecular complexity index is 1470. The van der Waals surface area contributed by atoms with Gasteiger partial charge in [-0.05, 0) is 24.1 Å². The third kappa shape index (κ3) is 5.94. The number of hydrogen-bond acceptors (Lipinski definition) is 5. The highest BCUT2D eigenvalue weighted by atomic mass is 35.5. The normalized spacial score (nSPS) is 23.3. The molecule has 6 nitrogen and oxygen atoms in total. The van der Waals surface area contributed by atoms with Gasteiger partial charge in [-0.2, -0.15) is 74.6 Å². The fourth-order valence-electron chi connectivity index (χ4n) is 5.09. The Hall–Kier alpha value is -3.11. The Morgan fingerprint density at radius 1 is 0.755 bits per heavy atom. The monoisotopic (exact) mass is 768 g/mol. The largest absolute Gasteiger partial charge is 0.465 e. The lowest BCUT2D eigenvalue weighted by molar-refractivity contribution is -0.461. The number of likely N-dealkylation sites (tertiary alicyclic amines) is 1. The molecule has 278 valence electrons. The zero-order valence-corrected chi connectivity index (χ0v) is 24.4. The van der Waals surface area contributed by atoms with Crippen LogP contribution in [0.3, 0.4) is 0 Å². The van der Waals surface area contributed by atoms with E-state index in [-0.39, 0.29) is 10.6 Å². The molecule has 2 aliphatic rings.